The molecular formula is C25H38N4O7. The lowest BCUT2D eigenvalue weighted by Gasteiger charge is -2.32. The van der Waals surface area contributed by atoms with Crippen LogP contribution in [-0.4, -0.2) is 90.0 Å². The zero-order chi connectivity index (χ0) is 27.0. The second-order valence-corrected chi connectivity index (χ2v) is 9.66. The van der Waals surface area contributed by atoms with Crippen molar-refractivity contribution in [3.63, 3.8) is 0 Å². The molecule has 0 fully saturated rings. The summed E-state index contributed by atoms with van der Waals surface area (Å²) in [6, 6.07) is 6.72. The molecule has 0 bridgehead atoms. The van der Waals surface area contributed by atoms with Gasteiger partial charge in [-0.15, -0.1) is 0 Å². The minimum Gasteiger partial charge on any atom is -0.390 e. The molecule has 1 aromatic carbocycles. The number of hydrogen-bond donors (Lipinski definition) is 4. The Kier molecular flexibility index (Phi) is 10.4. The van der Waals surface area contributed by atoms with Gasteiger partial charge in [-0.1, -0.05) is 44.1 Å². The molecule has 3 unspecified atom stereocenters. The van der Waals surface area contributed by atoms with Crippen molar-refractivity contribution in [2.24, 2.45) is 10.6 Å². The molecule has 4 atom stereocenters. The Bertz CT molecular complexity index is 1040. The number of nitrogens with zero attached hydrogens (tertiary/aromatic N) is 2. The standard InChI is InChI=1S/C25H38N4O7/c1-15(30)22(32)21(23(34-6)25(2,3)4)28-36-14-20(31)27-19(24(33)29(5)35-7)12-16-13-26-18-11-9-8-10-17(16)18/h8-11,13,15,19,22-23,26,30,32H,12,14H2,1-7H3,(H,27,31)/b28-21+/t15?,19-,22?,23?/m0/s1. The predicted octanol–water partition coefficient (Wildman–Crippen LogP) is 1.39. The van der Waals surface area contributed by atoms with Crippen molar-refractivity contribution in [2.75, 3.05) is 27.9 Å². The maximum absolute atomic E-state index is 12.9. The van der Waals surface area contributed by atoms with Gasteiger partial charge in [0.05, 0.1) is 13.2 Å². The molecule has 0 aliphatic heterocycles. The normalized spacial score (nSPS) is 15.8. The van der Waals surface area contributed by atoms with Crippen molar-refractivity contribution in [3.8, 4) is 0 Å². The largest absolute Gasteiger partial charge is 0.390 e. The summed E-state index contributed by atoms with van der Waals surface area (Å²) in [6.45, 7) is 6.53. The number of para-hydroxylation sites is 1. The summed E-state index contributed by atoms with van der Waals surface area (Å²) in [7, 11) is 4.27. The number of aromatic nitrogens is 1. The van der Waals surface area contributed by atoms with E-state index in [1.807, 2.05) is 45.0 Å². The fourth-order valence-electron chi connectivity index (χ4n) is 3.85. The SMILES string of the molecule is COC(/C(=N/OCC(=O)N[C@@H](Cc1c[nH]c2ccccc12)C(=O)N(C)OC)C(O)C(C)O)C(C)(C)C. The molecular weight excluding hydrogens is 468 g/mol. The number of H-pyrrole nitrogens is 1. The van der Waals surface area contributed by atoms with Crippen LogP contribution in [0, 0.1) is 5.41 Å². The third-order valence-electron chi connectivity index (χ3n) is 5.73. The number of likely N-dealkylation sites (N-methyl/N-ethyl adjacent to an activating group) is 1. The Morgan fingerprint density at radius 3 is 2.44 bits per heavy atom. The smallest absolute Gasteiger partial charge is 0.268 e. The highest BCUT2D eigenvalue weighted by Crippen LogP contribution is 2.25. The van der Waals surface area contributed by atoms with Crippen molar-refractivity contribution >= 4 is 28.4 Å². The molecule has 0 spiro atoms. The maximum Gasteiger partial charge on any atom is 0.268 e. The number of hydroxylamine groups is 2. The number of ether oxygens (including phenoxy) is 1. The zero-order valence-electron chi connectivity index (χ0n) is 21.9. The number of fused-ring (bicyclic) bond motifs is 1. The summed E-state index contributed by atoms with van der Waals surface area (Å²) in [6.07, 6.45) is -1.16. The molecule has 1 heterocycles. The Labute approximate surface area is 211 Å². The highest BCUT2D eigenvalue weighted by molar-refractivity contribution is 5.93. The van der Waals surface area contributed by atoms with Crippen molar-refractivity contribution in [3.05, 3.63) is 36.0 Å². The summed E-state index contributed by atoms with van der Waals surface area (Å²) >= 11 is 0. The number of oxime groups is 1. The Morgan fingerprint density at radius 2 is 1.86 bits per heavy atom. The number of aromatic amines is 1. The van der Waals surface area contributed by atoms with Crippen LogP contribution in [0.25, 0.3) is 10.9 Å². The van der Waals surface area contributed by atoms with Gasteiger partial charge in [-0.3, -0.25) is 14.4 Å². The monoisotopic (exact) mass is 506 g/mol. The second-order valence-electron chi connectivity index (χ2n) is 9.66. The van der Waals surface area contributed by atoms with Crippen molar-refractivity contribution in [1.29, 1.82) is 0 Å². The number of benzene rings is 1. The van der Waals surface area contributed by atoms with Gasteiger partial charge in [-0.25, -0.2) is 5.06 Å². The average molecular weight is 507 g/mol. The van der Waals surface area contributed by atoms with E-state index in [1.54, 1.807) is 6.20 Å². The van der Waals surface area contributed by atoms with Gasteiger partial charge >= 0.3 is 0 Å². The number of methoxy groups -OCH3 is 1. The predicted molar refractivity (Wildman–Crippen MR) is 135 cm³/mol. The number of nitrogens with one attached hydrogen (secondary N) is 2. The second kappa shape index (κ2) is 12.8. The molecule has 0 saturated heterocycles. The number of hydrogen-bond acceptors (Lipinski definition) is 8. The van der Waals surface area contributed by atoms with Crippen LogP contribution in [0.15, 0.2) is 35.6 Å². The van der Waals surface area contributed by atoms with E-state index < -0.39 is 48.2 Å². The van der Waals surface area contributed by atoms with Gasteiger partial charge in [0.2, 0.25) is 0 Å². The first kappa shape index (κ1) is 29.2. The summed E-state index contributed by atoms with van der Waals surface area (Å²) in [5.74, 6) is -1.05. The third-order valence-corrected chi connectivity index (χ3v) is 5.73. The van der Waals surface area contributed by atoms with Gasteiger partial charge in [0.25, 0.3) is 11.8 Å². The molecule has 0 aliphatic rings. The minimum absolute atomic E-state index is 0.0540. The highest BCUT2D eigenvalue weighted by Gasteiger charge is 2.36. The third kappa shape index (κ3) is 7.50. The van der Waals surface area contributed by atoms with Crippen LogP contribution in [0.2, 0.25) is 0 Å². The first-order valence-electron chi connectivity index (χ1n) is 11.6. The summed E-state index contributed by atoms with van der Waals surface area (Å²) < 4.78 is 5.48. The maximum atomic E-state index is 12.9. The quantitative estimate of drug-likeness (QED) is 0.251. The minimum atomic E-state index is -1.36. The molecule has 0 aliphatic carbocycles. The van der Waals surface area contributed by atoms with Gasteiger partial charge in [-0.2, -0.15) is 0 Å². The van der Waals surface area contributed by atoms with E-state index in [0.717, 1.165) is 21.5 Å². The molecule has 2 amide bonds. The summed E-state index contributed by atoms with van der Waals surface area (Å²) in [4.78, 5) is 39.0. The molecule has 0 radical (unpaired) electrons. The molecule has 36 heavy (non-hydrogen) atoms. The van der Waals surface area contributed by atoms with Gasteiger partial charge in [-0.05, 0) is 24.0 Å². The average Bonchev–Trinajstić information content (AvgIpc) is 3.23. The van der Waals surface area contributed by atoms with Crippen LogP contribution in [0.1, 0.15) is 33.3 Å². The van der Waals surface area contributed by atoms with E-state index >= 15 is 0 Å². The number of aliphatic hydroxyl groups excluding tert-OH is 2. The highest BCUT2D eigenvalue weighted by atomic mass is 16.7. The molecule has 4 N–H and O–H groups in total. The van der Waals surface area contributed by atoms with E-state index in [2.05, 4.69) is 15.5 Å². The van der Waals surface area contributed by atoms with Crippen LogP contribution < -0.4 is 5.32 Å². The van der Waals surface area contributed by atoms with Gasteiger partial charge in [0.1, 0.15) is 24.0 Å². The van der Waals surface area contributed by atoms with E-state index in [4.69, 9.17) is 14.4 Å². The van der Waals surface area contributed by atoms with Crippen LogP contribution in [0.3, 0.4) is 0 Å². The molecule has 11 heteroatoms. The lowest BCUT2D eigenvalue weighted by Crippen LogP contribution is -2.49. The van der Waals surface area contributed by atoms with E-state index in [0.29, 0.717) is 0 Å². The number of carbonyl (C=O) groups is 2. The Morgan fingerprint density at radius 1 is 1.19 bits per heavy atom. The summed E-state index contributed by atoms with van der Waals surface area (Å²) in [5, 5.41) is 28.9. The number of amides is 2. The Balaban J connectivity index is 2.18. The van der Waals surface area contributed by atoms with Gasteiger partial charge in [0.15, 0.2) is 6.61 Å². The molecule has 2 aromatic rings. The lowest BCUT2D eigenvalue weighted by atomic mass is 9.83. The zero-order valence-corrected chi connectivity index (χ0v) is 21.9. The topological polar surface area (TPSA) is 146 Å². The van der Waals surface area contributed by atoms with E-state index in [-0.39, 0.29) is 12.1 Å². The number of aliphatic hydroxyl groups is 2. The lowest BCUT2D eigenvalue weighted by molar-refractivity contribution is -0.171. The fourth-order valence-corrected chi connectivity index (χ4v) is 3.85. The van der Waals surface area contributed by atoms with Gasteiger partial charge < -0.3 is 30.1 Å². The Hall–Kier alpha value is -2.99. The molecule has 2 rings (SSSR count). The van der Waals surface area contributed by atoms with Crippen molar-refractivity contribution < 1.29 is 34.2 Å². The number of carbonyl (C=O) groups excluding carboxylic acids is 2. The van der Waals surface area contributed by atoms with Gasteiger partial charge in [0, 0.05) is 37.7 Å². The van der Waals surface area contributed by atoms with Crippen LogP contribution in [0.4, 0.5) is 0 Å². The molecule has 1 aromatic heterocycles. The molecule has 11 nitrogen and oxygen atoms in total. The molecule has 0 saturated carbocycles. The van der Waals surface area contributed by atoms with Crippen LogP contribution >= 0.6 is 0 Å². The van der Waals surface area contributed by atoms with Crippen molar-refractivity contribution in [1.82, 2.24) is 15.4 Å². The first-order chi connectivity index (χ1) is 16.9. The summed E-state index contributed by atoms with van der Waals surface area (Å²) in [5.41, 5.74) is 1.34. The van der Waals surface area contributed by atoms with Crippen LogP contribution in [0.5, 0.6) is 0 Å². The first-order valence-corrected chi connectivity index (χ1v) is 11.6. The van der Waals surface area contributed by atoms with E-state index in [1.165, 1.54) is 28.2 Å². The van der Waals surface area contributed by atoms with Crippen LogP contribution in [-0.2, 0) is 30.4 Å². The number of rotatable bonds is 12. The van der Waals surface area contributed by atoms with Crippen molar-refractivity contribution in [2.45, 2.75) is 58.5 Å². The molecule has 200 valence electrons. The van der Waals surface area contributed by atoms with E-state index in [9.17, 15) is 19.8 Å². The fraction of sp³-hybridized carbons (Fsp3) is 0.560.